The van der Waals surface area contributed by atoms with E-state index < -0.39 is 26.2 Å². The third-order valence-electron chi connectivity index (χ3n) is 4.83. The van der Waals surface area contributed by atoms with Gasteiger partial charge in [0.05, 0.1) is 5.25 Å². The van der Waals surface area contributed by atoms with E-state index in [2.05, 4.69) is 21.7 Å². The smallest absolute Gasteiger partial charge is 0.242 e. The van der Waals surface area contributed by atoms with Gasteiger partial charge in [0.25, 0.3) is 0 Å². The molecule has 1 aliphatic heterocycles. The van der Waals surface area contributed by atoms with E-state index in [0.29, 0.717) is 5.69 Å². The number of amides is 1. The van der Waals surface area contributed by atoms with Crippen LogP contribution in [0.5, 0.6) is 0 Å². The number of carbonyl (C=O) groups is 1. The lowest BCUT2D eigenvalue weighted by atomic mass is 10.1. The van der Waals surface area contributed by atoms with E-state index in [1.54, 1.807) is 13.8 Å². The largest absolute Gasteiger partial charge is 0.367 e. The molecule has 0 bridgehead atoms. The standard InChI is InChI=1S/C19H24N2O3S2/c1-13(2)26(23,24)14(3)19(22)20-16-4-6-17(7-5-16)21-10-8-18-15(12-21)9-11-25-18/h4-7,9,11,13-14H,8,10,12H2,1-3H3,(H,20,22). The number of hydrogen-bond donors (Lipinski definition) is 1. The summed E-state index contributed by atoms with van der Waals surface area (Å²) in [5.74, 6) is -0.493. The minimum absolute atomic E-state index is 0.493. The molecule has 0 saturated carbocycles. The highest BCUT2D eigenvalue weighted by molar-refractivity contribution is 7.93. The monoisotopic (exact) mass is 392 g/mol. The topological polar surface area (TPSA) is 66.5 Å². The van der Waals surface area contributed by atoms with Crippen LogP contribution in [-0.2, 0) is 27.6 Å². The molecule has 0 saturated heterocycles. The molecular weight excluding hydrogens is 368 g/mol. The van der Waals surface area contributed by atoms with Crippen LogP contribution in [0, 0.1) is 0 Å². The summed E-state index contributed by atoms with van der Waals surface area (Å²) in [5.41, 5.74) is 3.09. The fourth-order valence-electron chi connectivity index (χ4n) is 3.03. The van der Waals surface area contributed by atoms with Gasteiger partial charge in [-0.15, -0.1) is 11.3 Å². The number of anilines is 2. The number of hydrogen-bond acceptors (Lipinski definition) is 5. The zero-order valence-corrected chi connectivity index (χ0v) is 16.9. The molecule has 1 N–H and O–H groups in total. The zero-order valence-electron chi connectivity index (χ0n) is 15.2. The van der Waals surface area contributed by atoms with E-state index >= 15 is 0 Å². The van der Waals surface area contributed by atoms with Crippen molar-refractivity contribution in [3.05, 3.63) is 46.2 Å². The minimum Gasteiger partial charge on any atom is -0.367 e. The predicted octanol–water partition coefficient (Wildman–Crippen LogP) is 3.46. The van der Waals surface area contributed by atoms with Gasteiger partial charge in [0.2, 0.25) is 5.91 Å². The van der Waals surface area contributed by atoms with E-state index in [9.17, 15) is 13.2 Å². The van der Waals surface area contributed by atoms with Crippen LogP contribution in [-0.4, -0.2) is 31.4 Å². The summed E-state index contributed by atoms with van der Waals surface area (Å²) < 4.78 is 24.3. The number of carbonyl (C=O) groups excluding carboxylic acids is 1. The summed E-state index contributed by atoms with van der Waals surface area (Å²) in [6, 6.07) is 9.76. The Bertz CT molecular complexity index is 886. The maximum absolute atomic E-state index is 12.3. The molecule has 2 heterocycles. The van der Waals surface area contributed by atoms with Crippen LogP contribution in [0.2, 0.25) is 0 Å². The first-order valence-electron chi connectivity index (χ1n) is 8.73. The number of rotatable bonds is 5. The van der Waals surface area contributed by atoms with Gasteiger partial charge in [-0.25, -0.2) is 8.42 Å². The lowest BCUT2D eigenvalue weighted by Crippen LogP contribution is -2.36. The van der Waals surface area contributed by atoms with Crippen LogP contribution < -0.4 is 10.2 Å². The Labute approximate surface area is 159 Å². The number of sulfone groups is 1. The summed E-state index contributed by atoms with van der Waals surface area (Å²) in [6.07, 6.45) is 1.05. The fourth-order valence-corrected chi connectivity index (χ4v) is 5.09. The first-order chi connectivity index (χ1) is 12.3. The molecule has 1 unspecified atom stereocenters. The molecule has 3 rings (SSSR count). The second-order valence-corrected chi connectivity index (χ2v) is 10.7. The van der Waals surface area contributed by atoms with Crippen molar-refractivity contribution in [2.24, 2.45) is 0 Å². The minimum atomic E-state index is -3.46. The Kier molecular flexibility index (Phi) is 5.39. The van der Waals surface area contributed by atoms with E-state index in [-0.39, 0.29) is 0 Å². The molecule has 26 heavy (non-hydrogen) atoms. The van der Waals surface area contributed by atoms with Gasteiger partial charge in [-0.05, 0) is 68.5 Å². The highest BCUT2D eigenvalue weighted by atomic mass is 32.2. The predicted molar refractivity (Wildman–Crippen MR) is 108 cm³/mol. The van der Waals surface area contributed by atoms with Crippen molar-refractivity contribution >= 4 is 38.5 Å². The Morgan fingerprint density at radius 1 is 1.15 bits per heavy atom. The highest BCUT2D eigenvalue weighted by Crippen LogP contribution is 2.28. The molecule has 1 amide bonds. The maximum atomic E-state index is 12.3. The molecule has 0 radical (unpaired) electrons. The summed E-state index contributed by atoms with van der Waals surface area (Å²) in [4.78, 5) is 16.0. The van der Waals surface area contributed by atoms with Crippen molar-refractivity contribution in [3.63, 3.8) is 0 Å². The Hall–Kier alpha value is -1.86. The van der Waals surface area contributed by atoms with Gasteiger partial charge in [0.1, 0.15) is 5.25 Å². The van der Waals surface area contributed by atoms with Gasteiger partial charge in [-0.3, -0.25) is 4.79 Å². The molecule has 1 aromatic heterocycles. The molecule has 2 aromatic rings. The lowest BCUT2D eigenvalue weighted by molar-refractivity contribution is -0.115. The maximum Gasteiger partial charge on any atom is 0.242 e. The number of benzene rings is 1. The number of nitrogens with one attached hydrogen (secondary N) is 1. The van der Waals surface area contributed by atoms with Crippen molar-refractivity contribution in [1.82, 2.24) is 0 Å². The van der Waals surface area contributed by atoms with Crippen molar-refractivity contribution in [3.8, 4) is 0 Å². The molecule has 5 nitrogen and oxygen atoms in total. The summed E-state index contributed by atoms with van der Waals surface area (Å²) >= 11 is 1.82. The van der Waals surface area contributed by atoms with Crippen LogP contribution in [0.3, 0.4) is 0 Å². The lowest BCUT2D eigenvalue weighted by Gasteiger charge is -2.29. The number of fused-ring (bicyclic) bond motifs is 1. The van der Waals surface area contributed by atoms with E-state index in [0.717, 1.165) is 25.2 Å². The van der Waals surface area contributed by atoms with E-state index in [1.807, 2.05) is 35.6 Å². The van der Waals surface area contributed by atoms with Crippen LogP contribution in [0.15, 0.2) is 35.7 Å². The van der Waals surface area contributed by atoms with Crippen molar-refractivity contribution in [2.45, 2.75) is 44.2 Å². The third kappa shape index (κ3) is 3.78. The molecule has 0 aliphatic carbocycles. The normalized spacial score (nSPS) is 15.6. The average Bonchev–Trinajstić information content (AvgIpc) is 3.09. The number of nitrogens with zero attached hydrogens (tertiary/aromatic N) is 1. The first kappa shape index (κ1) is 18.9. The first-order valence-corrected chi connectivity index (χ1v) is 11.2. The molecule has 0 fully saturated rings. The fraction of sp³-hybridized carbons (Fsp3) is 0.421. The van der Waals surface area contributed by atoms with Crippen LogP contribution in [0.25, 0.3) is 0 Å². The Morgan fingerprint density at radius 3 is 2.50 bits per heavy atom. The number of thiophene rings is 1. The Balaban J connectivity index is 1.66. The van der Waals surface area contributed by atoms with Gasteiger partial charge in [0, 0.05) is 29.3 Å². The van der Waals surface area contributed by atoms with Gasteiger partial charge < -0.3 is 10.2 Å². The van der Waals surface area contributed by atoms with Crippen molar-refractivity contribution in [1.29, 1.82) is 0 Å². The van der Waals surface area contributed by atoms with Crippen molar-refractivity contribution in [2.75, 3.05) is 16.8 Å². The third-order valence-corrected chi connectivity index (χ3v) is 8.36. The molecule has 0 spiro atoms. The summed E-state index contributed by atoms with van der Waals surface area (Å²) in [5, 5.41) is 3.20. The molecular formula is C19H24N2O3S2. The second kappa shape index (κ2) is 7.40. The molecule has 140 valence electrons. The van der Waals surface area contributed by atoms with Gasteiger partial charge in [-0.1, -0.05) is 0 Å². The molecule has 1 aliphatic rings. The van der Waals surface area contributed by atoms with E-state index in [4.69, 9.17) is 0 Å². The van der Waals surface area contributed by atoms with E-state index in [1.165, 1.54) is 17.4 Å². The van der Waals surface area contributed by atoms with Crippen LogP contribution in [0.4, 0.5) is 11.4 Å². The van der Waals surface area contributed by atoms with Crippen LogP contribution >= 0.6 is 11.3 Å². The molecule has 7 heteroatoms. The second-order valence-electron chi connectivity index (χ2n) is 6.86. The SMILES string of the molecule is CC(C)S(=O)(=O)C(C)C(=O)Nc1ccc(N2CCc3sccc3C2)cc1. The van der Waals surface area contributed by atoms with Gasteiger partial charge >= 0.3 is 0 Å². The Morgan fingerprint density at radius 2 is 1.85 bits per heavy atom. The van der Waals surface area contributed by atoms with Gasteiger partial charge in [0.15, 0.2) is 9.84 Å². The summed E-state index contributed by atoms with van der Waals surface area (Å²) in [7, 11) is -3.46. The zero-order chi connectivity index (χ0) is 18.9. The molecule has 1 aromatic carbocycles. The highest BCUT2D eigenvalue weighted by Gasteiger charge is 2.30. The van der Waals surface area contributed by atoms with Crippen molar-refractivity contribution < 1.29 is 13.2 Å². The summed E-state index contributed by atoms with van der Waals surface area (Å²) in [6.45, 7) is 6.49. The average molecular weight is 393 g/mol. The quantitative estimate of drug-likeness (QED) is 0.846. The van der Waals surface area contributed by atoms with Gasteiger partial charge in [-0.2, -0.15) is 0 Å². The molecule has 1 atom stereocenters. The van der Waals surface area contributed by atoms with Crippen LogP contribution in [0.1, 0.15) is 31.2 Å².